The van der Waals surface area contributed by atoms with Crippen molar-refractivity contribution < 1.29 is 4.79 Å². The molecule has 0 fully saturated rings. The quantitative estimate of drug-likeness (QED) is 0.771. The molecule has 1 rings (SSSR count). The van der Waals surface area contributed by atoms with Crippen molar-refractivity contribution in [3.8, 4) is 0 Å². The first-order chi connectivity index (χ1) is 8.31. The van der Waals surface area contributed by atoms with Crippen LogP contribution in [-0.4, -0.2) is 53.5 Å². The van der Waals surface area contributed by atoms with Crippen LogP contribution in [0.3, 0.4) is 0 Å². The zero-order chi connectivity index (χ0) is 13.9. The largest absolute Gasteiger partial charge is 0.388 e. The van der Waals surface area contributed by atoms with Crippen LogP contribution in [0.5, 0.6) is 0 Å². The maximum Gasteiger partial charge on any atom is 0.241 e. The van der Waals surface area contributed by atoms with Gasteiger partial charge in [-0.15, -0.1) is 0 Å². The van der Waals surface area contributed by atoms with E-state index >= 15 is 0 Å². The lowest BCUT2D eigenvalue weighted by atomic mass is 10.3. The Hall–Kier alpha value is -1.76. The summed E-state index contributed by atoms with van der Waals surface area (Å²) in [7, 11) is 5.15. The van der Waals surface area contributed by atoms with Gasteiger partial charge in [-0.3, -0.25) is 4.79 Å². The number of carbonyl (C=O) groups is 1. The van der Waals surface area contributed by atoms with Gasteiger partial charge in [-0.05, 0) is 13.0 Å². The molecule has 98 valence electrons. The fraction of sp³-hybridized carbons (Fsp3) is 0.455. The molecular formula is C11H17N5OS. The standard InChI is InChI=1S/C11H17N5OS/c1-7-5-8(10(12)18)14-11(13-7)16(4)6-9(17)15(2)3/h5H,6H2,1-4H3,(H2,12,18). The third-order valence-corrected chi connectivity index (χ3v) is 2.52. The molecule has 0 aliphatic carbocycles. The summed E-state index contributed by atoms with van der Waals surface area (Å²) in [5.41, 5.74) is 6.82. The van der Waals surface area contributed by atoms with E-state index < -0.39 is 0 Å². The Bertz CT molecular complexity index is 475. The van der Waals surface area contributed by atoms with E-state index in [4.69, 9.17) is 18.0 Å². The molecule has 1 heterocycles. The van der Waals surface area contributed by atoms with Crippen LogP contribution >= 0.6 is 12.2 Å². The monoisotopic (exact) mass is 267 g/mol. The van der Waals surface area contributed by atoms with Gasteiger partial charge in [0.1, 0.15) is 10.7 Å². The molecule has 18 heavy (non-hydrogen) atoms. The van der Waals surface area contributed by atoms with Crippen molar-refractivity contribution >= 4 is 29.1 Å². The van der Waals surface area contributed by atoms with Gasteiger partial charge in [-0.2, -0.15) is 0 Å². The lowest BCUT2D eigenvalue weighted by molar-refractivity contribution is -0.127. The Kier molecular flexibility index (Phi) is 4.55. The third kappa shape index (κ3) is 3.63. The Morgan fingerprint density at radius 1 is 1.39 bits per heavy atom. The van der Waals surface area contributed by atoms with E-state index in [1.54, 1.807) is 32.1 Å². The summed E-state index contributed by atoms with van der Waals surface area (Å²) >= 11 is 4.89. The van der Waals surface area contributed by atoms with Crippen LogP contribution in [0, 0.1) is 6.92 Å². The Morgan fingerprint density at radius 2 is 2.00 bits per heavy atom. The third-order valence-electron chi connectivity index (χ3n) is 2.31. The average Bonchev–Trinajstić information content (AvgIpc) is 2.27. The summed E-state index contributed by atoms with van der Waals surface area (Å²) in [5.74, 6) is 0.410. The van der Waals surface area contributed by atoms with Crippen LogP contribution in [0.25, 0.3) is 0 Å². The number of amides is 1. The van der Waals surface area contributed by atoms with Gasteiger partial charge in [-0.25, -0.2) is 9.97 Å². The Labute approximate surface area is 112 Å². The molecule has 1 aromatic rings. The van der Waals surface area contributed by atoms with Gasteiger partial charge < -0.3 is 15.5 Å². The molecule has 0 bridgehead atoms. The summed E-state index contributed by atoms with van der Waals surface area (Å²) in [5, 5.41) is 0. The number of aromatic nitrogens is 2. The molecule has 2 N–H and O–H groups in total. The SMILES string of the molecule is Cc1cc(C(N)=S)nc(N(C)CC(=O)N(C)C)n1. The van der Waals surface area contributed by atoms with Gasteiger partial charge in [0.05, 0.1) is 6.54 Å². The van der Waals surface area contributed by atoms with Crippen LogP contribution in [0.15, 0.2) is 6.07 Å². The highest BCUT2D eigenvalue weighted by Crippen LogP contribution is 2.09. The lowest BCUT2D eigenvalue weighted by Crippen LogP contribution is -2.35. The molecule has 0 aromatic carbocycles. The van der Waals surface area contributed by atoms with Gasteiger partial charge in [0.25, 0.3) is 0 Å². The molecule has 0 unspecified atom stereocenters. The van der Waals surface area contributed by atoms with E-state index in [0.29, 0.717) is 11.6 Å². The highest BCUT2D eigenvalue weighted by atomic mass is 32.1. The Balaban J connectivity index is 2.95. The fourth-order valence-corrected chi connectivity index (χ4v) is 1.37. The van der Waals surface area contributed by atoms with Crippen molar-refractivity contribution in [1.29, 1.82) is 0 Å². The van der Waals surface area contributed by atoms with E-state index in [9.17, 15) is 4.79 Å². The summed E-state index contributed by atoms with van der Waals surface area (Å²) in [6.07, 6.45) is 0. The molecule has 0 aliphatic heterocycles. The van der Waals surface area contributed by atoms with Crippen LogP contribution in [-0.2, 0) is 4.79 Å². The molecule has 0 spiro atoms. The summed E-state index contributed by atoms with van der Waals surface area (Å²) in [6.45, 7) is 2.03. The van der Waals surface area contributed by atoms with Crippen molar-refractivity contribution in [3.63, 3.8) is 0 Å². The van der Waals surface area contributed by atoms with Crippen LogP contribution in [0.4, 0.5) is 5.95 Å². The highest BCUT2D eigenvalue weighted by Gasteiger charge is 2.13. The number of nitrogens with zero attached hydrogens (tertiary/aromatic N) is 4. The zero-order valence-corrected chi connectivity index (χ0v) is 11.8. The van der Waals surface area contributed by atoms with Gasteiger partial charge in [-0.1, -0.05) is 12.2 Å². The number of anilines is 1. The lowest BCUT2D eigenvalue weighted by Gasteiger charge is -2.19. The van der Waals surface area contributed by atoms with Crippen molar-refractivity contribution in [3.05, 3.63) is 17.5 Å². The molecule has 6 nitrogen and oxygen atoms in total. The summed E-state index contributed by atoms with van der Waals surface area (Å²) in [6, 6.07) is 1.72. The predicted octanol–water partition coefficient (Wildman–Crippen LogP) is -0.0564. The highest BCUT2D eigenvalue weighted by molar-refractivity contribution is 7.80. The van der Waals surface area contributed by atoms with E-state index in [1.807, 2.05) is 6.92 Å². The predicted molar refractivity (Wildman–Crippen MR) is 74.6 cm³/mol. The van der Waals surface area contributed by atoms with E-state index in [1.165, 1.54) is 4.90 Å². The van der Waals surface area contributed by atoms with Gasteiger partial charge in [0.2, 0.25) is 11.9 Å². The number of nitrogens with two attached hydrogens (primary N) is 1. The van der Waals surface area contributed by atoms with Gasteiger partial charge in [0.15, 0.2) is 0 Å². The van der Waals surface area contributed by atoms with Crippen molar-refractivity contribution in [2.75, 3.05) is 32.6 Å². The first-order valence-electron chi connectivity index (χ1n) is 5.38. The average molecular weight is 267 g/mol. The first kappa shape index (κ1) is 14.3. The summed E-state index contributed by atoms with van der Waals surface area (Å²) < 4.78 is 0. The molecule has 0 atom stereocenters. The number of aryl methyl sites for hydroxylation is 1. The number of hydrogen-bond acceptors (Lipinski definition) is 5. The molecule has 1 aromatic heterocycles. The fourth-order valence-electron chi connectivity index (χ4n) is 1.26. The second-order valence-corrected chi connectivity index (χ2v) is 4.64. The minimum absolute atomic E-state index is 0.0283. The number of likely N-dealkylation sites (N-methyl/N-ethyl adjacent to an activating group) is 2. The van der Waals surface area contributed by atoms with Crippen molar-refractivity contribution in [2.24, 2.45) is 5.73 Å². The maximum absolute atomic E-state index is 11.6. The van der Waals surface area contributed by atoms with Gasteiger partial charge in [0, 0.05) is 26.8 Å². The molecule has 1 amide bonds. The smallest absolute Gasteiger partial charge is 0.241 e. The molecule has 0 saturated carbocycles. The zero-order valence-electron chi connectivity index (χ0n) is 11.0. The van der Waals surface area contributed by atoms with Crippen LogP contribution < -0.4 is 10.6 Å². The van der Waals surface area contributed by atoms with Crippen LogP contribution in [0.1, 0.15) is 11.4 Å². The van der Waals surface area contributed by atoms with Crippen LogP contribution in [0.2, 0.25) is 0 Å². The maximum atomic E-state index is 11.6. The van der Waals surface area contributed by atoms with Crippen molar-refractivity contribution in [1.82, 2.24) is 14.9 Å². The number of carbonyl (C=O) groups excluding carboxylic acids is 1. The van der Waals surface area contributed by atoms with E-state index in [0.717, 1.165) is 5.69 Å². The first-order valence-corrected chi connectivity index (χ1v) is 5.79. The molecule has 0 radical (unpaired) electrons. The number of thiocarbonyl (C=S) groups is 1. The minimum Gasteiger partial charge on any atom is -0.388 e. The molecular weight excluding hydrogens is 250 g/mol. The molecule has 0 aliphatic rings. The molecule has 0 saturated heterocycles. The van der Waals surface area contributed by atoms with E-state index in [2.05, 4.69) is 9.97 Å². The molecule has 7 heteroatoms. The summed E-state index contributed by atoms with van der Waals surface area (Å²) in [4.78, 5) is 23.5. The number of hydrogen-bond donors (Lipinski definition) is 1. The van der Waals surface area contributed by atoms with Gasteiger partial charge >= 0.3 is 0 Å². The topological polar surface area (TPSA) is 75.3 Å². The number of rotatable bonds is 4. The van der Waals surface area contributed by atoms with Crippen molar-refractivity contribution in [2.45, 2.75) is 6.92 Å². The van der Waals surface area contributed by atoms with E-state index in [-0.39, 0.29) is 17.4 Å². The second kappa shape index (κ2) is 5.72. The normalized spacial score (nSPS) is 10.0. The minimum atomic E-state index is -0.0283. The Morgan fingerprint density at radius 3 is 2.50 bits per heavy atom. The second-order valence-electron chi connectivity index (χ2n) is 4.20.